The molecule has 4 aliphatic heterocycles. The van der Waals surface area contributed by atoms with Gasteiger partial charge in [0.25, 0.3) is 5.91 Å². The molecule has 4 heterocycles. The van der Waals surface area contributed by atoms with Gasteiger partial charge in [0.05, 0.1) is 30.1 Å². The zero-order valence-corrected chi connectivity index (χ0v) is 21.6. The van der Waals surface area contributed by atoms with Crippen LogP contribution in [-0.2, 0) is 19.1 Å². The molecule has 0 bridgehead atoms. The van der Waals surface area contributed by atoms with Crippen LogP contribution in [0.25, 0.3) is 0 Å². The summed E-state index contributed by atoms with van der Waals surface area (Å²) in [6.45, 7) is 8.12. The van der Waals surface area contributed by atoms with Gasteiger partial charge in [0.15, 0.2) is 0 Å². The van der Waals surface area contributed by atoms with Crippen molar-refractivity contribution in [1.29, 1.82) is 0 Å². The number of rotatable bonds is 4. The van der Waals surface area contributed by atoms with Crippen molar-refractivity contribution in [2.75, 3.05) is 31.6 Å². The van der Waals surface area contributed by atoms with Gasteiger partial charge in [0.2, 0.25) is 11.8 Å². The standard InChI is InChI=1S/C28H35N3O5/c1-6-19(16-32)31-23-26(35)30(20-15-17(2)9-10-18(20)3)14-8-12-28(23)22(25(31)34)21-24(33)29(5)13-7-11-27(21,4)36-28/h7-12,15,19,21-23,32H,6,13-14,16H2,1-5H3/t19-,21+,22-,23?,27-,28-/m0/s1. The minimum atomic E-state index is -1.32. The fourth-order valence-corrected chi connectivity index (χ4v) is 6.62. The Kier molecular flexibility index (Phi) is 5.87. The topological polar surface area (TPSA) is 90.4 Å². The maximum Gasteiger partial charge on any atom is 0.253 e. The number of anilines is 1. The van der Waals surface area contributed by atoms with Gasteiger partial charge in [0, 0.05) is 25.8 Å². The molecule has 0 aliphatic carbocycles. The Balaban J connectivity index is 1.70. The predicted molar refractivity (Wildman–Crippen MR) is 135 cm³/mol. The van der Waals surface area contributed by atoms with Crippen LogP contribution in [0.2, 0.25) is 0 Å². The molecule has 1 N–H and O–H groups in total. The number of hydrogen-bond acceptors (Lipinski definition) is 5. The van der Waals surface area contributed by atoms with Crippen molar-refractivity contribution in [1.82, 2.24) is 9.80 Å². The summed E-state index contributed by atoms with van der Waals surface area (Å²) in [4.78, 5) is 47.1. The number of benzene rings is 1. The third-order valence-electron chi connectivity index (χ3n) is 8.43. The van der Waals surface area contributed by atoms with Crippen molar-refractivity contribution in [2.45, 2.75) is 57.4 Å². The molecule has 6 atom stereocenters. The van der Waals surface area contributed by atoms with Crippen molar-refractivity contribution in [3.63, 3.8) is 0 Å². The fourth-order valence-electron chi connectivity index (χ4n) is 6.62. The zero-order chi connectivity index (χ0) is 26.0. The van der Waals surface area contributed by atoms with Gasteiger partial charge in [-0.25, -0.2) is 0 Å². The van der Waals surface area contributed by atoms with Gasteiger partial charge in [-0.15, -0.1) is 0 Å². The van der Waals surface area contributed by atoms with Gasteiger partial charge < -0.3 is 24.5 Å². The Morgan fingerprint density at radius 3 is 2.47 bits per heavy atom. The first kappa shape index (κ1) is 24.7. The molecule has 2 saturated heterocycles. The number of likely N-dealkylation sites (N-methyl/N-ethyl adjacent to an activating group) is 1. The summed E-state index contributed by atoms with van der Waals surface area (Å²) >= 11 is 0. The first-order chi connectivity index (χ1) is 17.1. The van der Waals surface area contributed by atoms with E-state index < -0.39 is 35.1 Å². The summed E-state index contributed by atoms with van der Waals surface area (Å²) < 4.78 is 6.78. The summed E-state index contributed by atoms with van der Waals surface area (Å²) in [7, 11) is 1.72. The van der Waals surface area contributed by atoms with Crippen LogP contribution in [0.5, 0.6) is 0 Å². The lowest BCUT2D eigenvalue weighted by Crippen LogP contribution is -2.58. The lowest BCUT2D eigenvalue weighted by atomic mass is 9.74. The smallest absolute Gasteiger partial charge is 0.253 e. The van der Waals surface area contributed by atoms with Gasteiger partial charge in [-0.1, -0.05) is 43.4 Å². The van der Waals surface area contributed by atoms with Crippen molar-refractivity contribution in [2.24, 2.45) is 11.8 Å². The molecule has 36 heavy (non-hydrogen) atoms. The molecule has 4 aliphatic rings. The van der Waals surface area contributed by atoms with E-state index in [-0.39, 0.29) is 24.3 Å². The third kappa shape index (κ3) is 3.30. The van der Waals surface area contributed by atoms with E-state index in [0.717, 1.165) is 16.8 Å². The quantitative estimate of drug-likeness (QED) is 0.648. The molecule has 1 unspecified atom stereocenters. The Labute approximate surface area is 212 Å². The highest BCUT2D eigenvalue weighted by Crippen LogP contribution is 2.58. The average Bonchev–Trinajstić information content (AvgIpc) is 3.12. The van der Waals surface area contributed by atoms with Gasteiger partial charge in [-0.3, -0.25) is 14.4 Å². The number of fused-ring (bicyclic) bond motifs is 2. The van der Waals surface area contributed by atoms with E-state index in [1.165, 1.54) is 4.90 Å². The van der Waals surface area contributed by atoms with Crippen molar-refractivity contribution < 1.29 is 24.2 Å². The minimum absolute atomic E-state index is 0.174. The SMILES string of the molecule is CC[C@@H](CO)N1C(=O)[C@@H]2[C@@H]3C(=O)N(C)CC=C[C@]3(C)O[C@@]23C=CCN(c2cc(C)ccc2C)C(=O)C13. The lowest BCUT2D eigenvalue weighted by Gasteiger charge is -2.40. The molecule has 8 heteroatoms. The number of ether oxygens (including phenoxy) is 1. The molecule has 1 spiro atoms. The van der Waals surface area contributed by atoms with Crippen LogP contribution in [-0.4, -0.2) is 82.7 Å². The van der Waals surface area contributed by atoms with E-state index >= 15 is 0 Å². The summed E-state index contributed by atoms with van der Waals surface area (Å²) in [5.74, 6) is -2.40. The van der Waals surface area contributed by atoms with Crippen molar-refractivity contribution in [3.8, 4) is 0 Å². The van der Waals surface area contributed by atoms with Gasteiger partial charge >= 0.3 is 0 Å². The zero-order valence-electron chi connectivity index (χ0n) is 21.6. The molecule has 192 valence electrons. The van der Waals surface area contributed by atoms with E-state index in [1.807, 2.05) is 70.2 Å². The molecule has 0 radical (unpaired) electrons. The Morgan fingerprint density at radius 2 is 1.78 bits per heavy atom. The van der Waals surface area contributed by atoms with Crippen molar-refractivity contribution in [3.05, 3.63) is 53.6 Å². The highest BCUT2D eigenvalue weighted by Gasteiger charge is 2.75. The van der Waals surface area contributed by atoms with Gasteiger partial charge in [-0.2, -0.15) is 0 Å². The third-order valence-corrected chi connectivity index (χ3v) is 8.43. The predicted octanol–water partition coefficient (Wildman–Crippen LogP) is 1.98. The van der Waals surface area contributed by atoms with Crippen LogP contribution >= 0.6 is 0 Å². The number of aliphatic hydroxyl groups is 1. The summed E-state index contributed by atoms with van der Waals surface area (Å²) in [5.41, 5.74) is 0.400. The number of hydrogen-bond donors (Lipinski definition) is 1. The van der Waals surface area contributed by atoms with Crippen LogP contribution < -0.4 is 4.90 Å². The fraction of sp³-hybridized carbons (Fsp3) is 0.536. The van der Waals surface area contributed by atoms with E-state index in [0.29, 0.717) is 19.5 Å². The number of aryl methyl sites for hydroxylation is 2. The van der Waals surface area contributed by atoms with Crippen LogP contribution in [0, 0.1) is 25.7 Å². The van der Waals surface area contributed by atoms with E-state index in [9.17, 15) is 19.5 Å². The maximum atomic E-state index is 14.5. The second-order valence-corrected chi connectivity index (χ2v) is 10.7. The number of nitrogens with zero attached hydrogens (tertiary/aromatic N) is 3. The molecular formula is C28H35N3O5. The van der Waals surface area contributed by atoms with Crippen LogP contribution in [0.4, 0.5) is 5.69 Å². The normalized spacial score (nSPS) is 34.4. The highest BCUT2D eigenvalue weighted by atomic mass is 16.5. The van der Waals surface area contributed by atoms with Gasteiger partial charge in [0.1, 0.15) is 11.6 Å². The molecule has 1 aromatic rings. The number of carbonyl (C=O) groups is 3. The Hall–Kier alpha value is -2.97. The monoisotopic (exact) mass is 493 g/mol. The summed E-state index contributed by atoms with van der Waals surface area (Å²) in [6, 6.07) is 4.39. The molecule has 5 rings (SSSR count). The van der Waals surface area contributed by atoms with Crippen LogP contribution in [0.1, 0.15) is 31.4 Å². The molecule has 2 fully saturated rings. The second kappa shape index (κ2) is 8.56. The molecule has 8 nitrogen and oxygen atoms in total. The molecule has 0 saturated carbocycles. The number of amides is 3. The molecule has 1 aromatic carbocycles. The lowest BCUT2D eigenvalue weighted by molar-refractivity contribution is -0.150. The largest absolute Gasteiger partial charge is 0.394 e. The van der Waals surface area contributed by atoms with E-state index in [4.69, 9.17) is 4.74 Å². The van der Waals surface area contributed by atoms with Gasteiger partial charge in [-0.05, 0) is 44.4 Å². The van der Waals surface area contributed by atoms with Crippen molar-refractivity contribution >= 4 is 23.4 Å². The number of aliphatic hydroxyl groups excluding tert-OH is 1. The minimum Gasteiger partial charge on any atom is -0.394 e. The highest BCUT2D eigenvalue weighted by molar-refractivity contribution is 6.06. The van der Waals surface area contributed by atoms with Crippen LogP contribution in [0.15, 0.2) is 42.5 Å². The number of likely N-dealkylation sites (tertiary alicyclic amines) is 1. The van der Waals surface area contributed by atoms with E-state index in [1.54, 1.807) is 16.8 Å². The maximum absolute atomic E-state index is 14.5. The van der Waals surface area contributed by atoms with Crippen LogP contribution in [0.3, 0.4) is 0 Å². The molecule has 0 aromatic heterocycles. The Bertz CT molecular complexity index is 1170. The molecular weight excluding hydrogens is 458 g/mol. The second-order valence-electron chi connectivity index (χ2n) is 10.7. The first-order valence-corrected chi connectivity index (χ1v) is 12.7. The molecule has 3 amide bonds. The average molecular weight is 494 g/mol. The Morgan fingerprint density at radius 1 is 1.06 bits per heavy atom. The first-order valence-electron chi connectivity index (χ1n) is 12.7. The number of carbonyl (C=O) groups excluding carboxylic acids is 3. The summed E-state index contributed by atoms with van der Waals surface area (Å²) in [5, 5.41) is 10.2. The summed E-state index contributed by atoms with van der Waals surface area (Å²) in [6.07, 6.45) is 7.96. The van der Waals surface area contributed by atoms with E-state index in [2.05, 4.69) is 0 Å².